The lowest BCUT2D eigenvalue weighted by Gasteiger charge is -2.11. The highest BCUT2D eigenvalue weighted by molar-refractivity contribution is 6.04. The SMILES string of the molecule is NC=C(c1nc2c(C(N)=O)cc(F)cc2[nH]1)C1CC(O)CN1. The Bertz CT molecular complexity index is 770. The van der Waals surface area contributed by atoms with Gasteiger partial charge in [-0.2, -0.15) is 0 Å². The lowest BCUT2D eigenvalue weighted by Crippen LogP contribution is -2.24. The van der Waals surface area contributed by atoms with Crippen molar-refractivity contribution in [1.82, 2.24) is 15.3 Å². The summed E-state index contributed by atoms with van der Waals surface area (Å²) in [6.07, 6.45) is 1.42. The minimum Gasteiger partial charge on any atom is -0.404 e. The number of aliphatic hydroxyl groups excluding tert-OH is 1. The topological polar surface area (TPSA) is 130 Å². The predicted molar refractivity (Wildman–Crippen MR) is 79.1 cm³/mol. The molecular formula is C14H16FN5O2. The predicted octanol–water partition coefficient (Wildman–Crippen LogP) is -0.177. The zero-order valence-corrected chi connectivity index (χ0v) is 11.6. The summed E-state index contributed by atoms with van der Waals surface area (Å²) in [7, 11) is 0. The van der Waals surface area contributed by atoms with Crippen molar-refractivity contribution >= 4 is 22.5 Å². The molecule has 0 saturated carbocycles. The number of fused-ring (bicyclic) bond motifs is 1. The Morgan fingerprint density at radius 1 is 1.50 bits per heavy atom. The summed E-state index contributed by atoms with van der Waals surface area (Å²) in [5.41, 5.74) is 12.2. The smallest absolute Gasteiger partial charge is 0.251 e. The monoisotopic (exact) mass is 305 g/mol. The Balaban J connectivity index is 2.08. The van der Waals surface area contributed by atoms with Crippen molar-refractivity contribution in [1.29, 1.82) is 0 Å². The minimum atomic E-state index is -0.754. The number of carbonyl (C=O) groups excluding carboxylic acids is 1. The van der Waals surface area contributed by atoms with E-state index in [4.69, 9.17) is 11.5 Å². The van der Waals surface area contributed by atoms with E-state index in [1.54, 1.807) is 0 Å². The number of imidazole rings is 1. The second-order valence-electron chi connectivity index (χ2n) is 5.27. The van der Waals surface area contributed by atoms with E-state index in [0.717, 1.165) is 6.07 Å². The number of benzene rings is 1. The molecule has 0 aliphatic carbocycles. The van der Waals surface area contributed by atoms with Crippen LogP contribution in [0, 0.1) is 5.82 Å². The van der Waals surface area contributed by atoms with Gasteiger partial charge in [-0.3, -0.25) is 4.79 Å². The number of aromatic nitrogens is 2. The van der Waals surface area contributed by atoms with Crippen molar-refractivity contribution in [2.24, 2.45) is 11.5 Å². The van der Waals surface area contributed by atoms with Crippen LogP contribution in [0.4, 0.5) is 4.39 Å². The number of carbonyl (C=O) groups is 1. The highest BCUT2D eigenvalue weighted by Gasteiger charge is 2.28. The second-order valence-corrected chi connectivity index (χ2v) is 5.27. The van der Waals surface area contributed by atoms with Gasteiger partial charge in [-0.15, -0.1) is 0 Å². The first-order chi connectivity index (χ1) is 10.5. The number of nitrogens with one attached hydrogen (secondary N) is 2. The molecule has 22 heavy (non-hydrogen) atoms. The molecule has 2 unspecified atom stereocenters. The molecule has 0 radical (unpaired) electrons. The number of halogens is 1. The van der Waals surface area contributed by atoms with Crippen LogP contribution >= 0.6 is 0 Å². The van der Waals surface area contributed by atoms with E-state index in [1.807, 2.05) is 0 Å². The van der Waals surface area contributed by atoms with E-state index in [2.05, 4.69) is 15.3 Å². The molecule has 0 bridgehead atoms. The molecule has 1 aliphatic rings. The molecule has 1 aliphatic heterocycles. The number of hydrogen-bond donors (Lipinski definition) is 5. The molecule has 2 heterocycles. The number of nitrogens with zero attached hydrogens (tertiary/aromatic N) is 1. The van der Waals surface area contributed by atoms with Gasteiger partial charge in [-0.05, 0) is 18.6 Å². The fraction of sp³-hybridized carbons (Fsp3) is 0.286. The summed E-state index contributed by atoms with van der Waals surface area (Å²) in [4.78, 5) is 18.7. The van der Waals surface area contributed by atoms with Gasteiger partial charge in [-0.25, -0.2) is 9.37 Å². The molecule has 1 saturated heterocycles. The summed E-state index contributed by atoms with van der Waals surface area (Å²) in [6.45, 7) is 0.462. The number of hydrogen-bond acceptors (Lipinski definition) is 5. The fourth-order valence-electron chi connectivity index (χ4n) is 2.72. The van der Waals surface area contributed by atoms with Crippen LogP contribution in [0.25, 0.3) is 16.6 Å². The average Bonchev–Trinajstić information content (AvgIpc) is 3.05. The van der Waals surface area contributed by atoms with Gasteiger partial charge in [0.1, 0.15) is 17.2 Å². The first-order valence-corrected chi connectivity index (χ1v) is 6.82. The third-order valence-electron chi connectivity index (χ3n) is 3.75. The average molecular weight is 305 g/mol. The maximum Gasteiger partial charge on any atom is 0.251 e. The molecular weight excluding hydrogens is 289 g/mol. The Morgan fingerprint density at radius 2 is 2.27 bits per heavy atom. The Morgan fingerprint density at radius 3 is 2.86 bits per heavy atom. The van der Waals surface area contributed by atoms with Crippen molar-refractivity contribution in [3.63, 3.8) is 0 Å². The van der Waals surface area contributed by atoms with Crippen molar-refractivity contribution in [3.8, 4) is 0 Å². The summed E-state index contributed by atoms with van der Waals surface area (Å²) >= 11 is 0. The van der Waals surface area contributed by atoms with E-state index in [-0.39, 0.29) is 11.6 Å². The zero-order chi connectivity index (χ0) is 15.9. The maximum atomic E-state index is 13.6. The van der Waals surface area contributed by atoms with Crippen molar-refractivity contribution in [3.05, 3.63) is 35.5 Å². The first-order valence-electron chi connectivity index (χ1n) is 6.82. The summed E-state index contributed by atoms with van der Waals surface area (Å²) < 4.78 is 13.6. The van der Waals surface area contributed by atoms with Crippen LogP contribution in [-0.2, 0) is 0 Å². The number of β-amino-alcohol motifs (C(OH)–C–C–N with tert-alkyl or cyclic N) is 1. The lowest BCUT2D eigenvalue weighted by molar-refractivity contribution is 0.100. The number of nitrogens with two attached hydrogens (primary N) is 2. The van der Waals surface area contributed by atoms with Crippen LogP contribution in [-0.4, -0.2) is 39.7 Å². The van der Waals surface area contributed by atoms with Crippen LogP contribution in [0.5, 0.6) is 0 Å². The van der Waals surface area contributed by atoms with Crippen LogP contribution in [0.2, 0.25) is 0 Å². The first kappa shape index (κ1) is 14.5. The van der Waals surface area contributed by atoms with Crippen LogP contribution in [0.3, 0.4) is 0 Å². The summed E-state index contributed by atoms with van der Waals surface area (Å²) in [5.74, 6) is -0.920. The van der Waals surface area contributed by atoms with Gasteiger partial charge in [0.15, 0.2) is 0 Å². The normalized spacial score (nSPS) is 22.4. The van der Waals surface area contributed by atoms with Crippen molar-refractivity contribution < 1.29 is 14.3 Å². The molecule has 3 rings (SSSR count). The van der Waals surface area contributed by atoms with Gasteiger partial charge in [-0.1, -0.05) is 0 Å². The number of amides is 1. The number of aromatic amines is 1. The molecule has 1 fully saturated rings. The minimum absolute atomic E-state index is 0.00767. The van der Waals surface area contributed by atoms with E-state index in [0.29, 0.717) is 35.4 Å². The molecule has 8 heteroatoms. The molecule has 7 nitrogen and oxygen atoms in total. The quantitative estimate of drug-likeness (QED) is 0.537. The van der Waals surface area contributed by atoms with Crippen LogP contribution < -0.4 is 16.8 Å². The van der Waals surface area contributed by atoms with Gasteiger partial charge in [0.05, 0.1) is 17.2 Å². The third-order valence-corrected chi connectivity index (χ3v) is 3.75. The molecule has 0 spiro atoms. The molecule has 116 valence electrons. The largest absolute Gasteiger partial charge is 0.404 e. The number of rotatable bonds is 3. The van der Waals surface area contributed by atoms with Gasteiger partial charge >= 0.3 is 0 Å². The standard InChI is InChI=1S/C14H16FN5O2/c15-6-1-8(13(17)22)12-11(2-6)19-14(20-12)9(4-16)10-3-7(21)5-18-10/h1-2,4,7,10,18,21H,3,5,16H2,(H2,17,22)(H,19,20). The Kier molecular flexibility index (Phi) is 3.55. The Hall–Kier alpha value is -2.45. The van der Waals surface area contributed by atoms with Crippen molar-refractivity contribution in [2.45, 2.75) is 18.6 Å². The van der Waals surface area contributed by atoms with E-state index in [1.165, 1.54) is 12.3 Å². The van der Waals surface area contributed by atoms with Gasteiger partial charge in [0, 0.05) is 24.4 Å². The van der Waals surface area contributed by atoms with Crippen LogP contribution in [0.15, 0.2) is 18.3 Å². The molecule has 1 aromatic carbocycles. The number of aliphatic hydroxyl groups is 1. The van der Waals surface area contributed by atoms with Gasteiger partial charge < -0.3 is 26.9 Å². The lowest BCUT2D eigenvalue weighted by atomic mass is 10.1. The fourth-order valence-corrected chi connectivity index (χ4v) is 2.72. The molecule has 7 N–H and O–H groups in total. The van der Waals surface area contributed by atoms with Crippen LogP contribution in [0.1, 0.15) is 22.6 Å². The molecule has 1 aromatic heterocycles. The molecule has 2 aromatic rings. The van der Waals surface area contributed by atoms with E-state index in [9.17, 15) is 14.3 Å². The maximum absolute atomic E-state index is 13.6. The molecule has 1 amide bonds. The van der Waals surface area contributed by atoms with Crippen molar-refractivity contribution in [2.75, 3.05) is 6.54 Å². The van der Waals surface area contributed by atoms with E-state index < -0.39 is 17.8 Å². The highest BCUT2D eigenvalue weighted by Crippen LogP contribution is 2.26. The zero-order valence-electron chi connectivity index (χ0n) is 11.6. The summed E-state index contributed by atoms with van der Waals surface area (Å²) in [6, 6.07) is 2.13. The summed E-state index contributed by atoms with van der Waals surface area (Å²) in [5, 5.41) is 12.7. The van der Waals surface area contributed by atoms with Gasteiger partial charge in [0.25, 0.3) is 5.91 Å². The molecule has 2 atom stereocenters. The second kappa shape index (κ2) is 5.39. The third kappa shape index (κ3) is 2.42. The number of primary amides is 1. The Labute approximate surface area is 125 Å². The van der Waals surface area contributed by atoms with E-state index >= 15 is 0 Å². The highest BCUT2D eigenvalue weighted by atomic mass is 19.1. The van der Waals surface area contributed by atoms with Gasteiger partial charge in [0.2, 0.25) is 0 Å². The number of H-pyrrole nitrogens is 1.